The van der Waals surface area contributed by atoms with Gasteiger partial charge in [-0.1, -0.05) is 6.92 Å². The predicted octanol–water partition coefficient (Wildman–Crippen LogP) is 2.97. The van der Waals surface area contributed by atoms with Crippen molar-refractivity contribution in [2.75, 3.05) is 17.2 Å². The van der Waals surface area contributed by atoms with Gasteiger partial charge in [-0.05, 0) is 31.5 Å². The zero-order chi connectivity index (χ0) is 16.4. The van der Waals surface area contributed by atoms with Crippen molar-refractivity contribution in [2.24, 2.45) is 0 Å². The Bertz CT molecular complexity index is 736. The smallest absolute Gasteiger partial charge is 0.240 e. The lowest BCUT2D eigenvalue weighted by atomic mass is 10.3. The molecule has 1 N–H and O–H groups in total. The molecule has 5 nitrogen and oxygen atoms in total. The third-order valence-corrected chi connectivity index (χ3v) is 6.08. The number of fused-ring (bicyclic) bond motifs is 1. The molecular formula is C16H18N2O3S2. The van der Waals surface area contributed by atoms with Gasteiger partial charge in [-0.25, -0.2) is 0 Å². The SMILES string of the molecule is CCc1cc2c(s1)SCC(=O)N2CC(=O)NCc1ccc(C)o1. The monoisotopic (exact) mass is 350 g/mol. The summed E-state index contributed by atoms with van der Waals surface area (Å²) in [5.41, 5.74) is 0.872. The molecule has 0 atom stereocenters. The van der Waals surface area contributed by atoms with Crippen molar-refractivity contribution in [2.45, 2.75) is 31.0 Å². The molecule has 2 amide bonds. The van der Waals surface area contributed by atoms with Gasteiger partial charge in [-0.2, -0.15) is 0 Å². The largest absolute Gasteiger partial charge is 0.465 e. The van der Waals surface area contributed by atoms with Crippen molar-refractivity contribution in [3.8, 4) is 0 Å². The molecule has 0 aliphatic carbocycles. The van der Waals surface area contributed by atoms with Crippen molar-refractivity contribution in [3.05, 3.63) is 34.6 Å². The summed E-state index contributed by atoms with van der Waals surface area (Å²) >= 11 is 3.26. The summed E-state index contributed by atoms with van der Waals surface area (Å²) in [5.74, 6) is 1.70. The second kappa shape index (κ2) is 6.80. The van der Waals surface area contributed by atoms with Gasteiger partial charge < -0.3 is 14.6 Å². The van der Waals surface area contributed by atoms with Gasteiger partial charge in [0.1, 0.15) is 18.1 Å². The van der Waals surface area contributed by atoms with Crippen molar-refractivity contribution in [1.82, 2.24) is 5.32 Å². The first kappa shape index (κ1) is 16.1. The third kappa shape index (κ3) is 3.61. The molecule has 23 heavy (non-hydrogen) atoms. The van der Waals surface area contributed by atoms with Crippen LogP contribution in [0.25, 0.3) is 0 Å². The van der Waals surface area contributed by atoms with E-state index in [1.54, 1.807) is 28.0 Å². The number of carbonyl (C=O) groups is 2. The average molecular weight is 350 g/mol. The second-order valence-corrected chi connectivity index (χ2v) is 7.68. The number of hydrogen-bond acceptors (Lipinski definition) is 5. The number of carbonyl (C=O) groups excluding carboxylic acids is 2. The minimum Gasteiger partial charge on any atom is -0.465 e. The minimum atomic E-state index is -0.186. The molecule has 3 rings (SSSR count). The van der Waals surface area contributed by atoms with Gasteiger partial charge in [0, 0.05) is 4.88 Å². The lowest BCUT2D eigenvalue weighted by molar-refractivity contribution is -0.123. The number of aryl methyl sites for hydroxylation is 2. The van der Waals surface area contributed by atoms with Crippen molar-refractivity contribution < 1.29 is 14.0 Å². The summed E-state index contributed by atoms with van der Waals surface area (Å²) in [6.07, 6.45) is 0.935. The minimum absolute atomic E-state index is 0.0213. The number of hydrogen-bond donors (Lipinski definition) is 1. The molecule has 3 heterocycles. The van der Waals surface area contributed by atoms with E-state index in [-0.39, 0.29) is 18.4 Å². The molecule has 0 radical (unpaired) electrons. The third-order valence-electron chi connectivity index (χ3n) is 3.56. The molecule has 0 unspecified atom stereocenters. The number of furan rings is 1. The normalized spacial score (nSPS) is 14.0. The fourth-order valence-corrected chi connectivity index (χ4v) is 4.64. The first-order valence-electron chi connectivity index (χ1n) is 7.44. The molecule has 0 bridgehead atoms. The Kier molecular flexibility index (Phi) is 4.77. The number of rotatable bonds is 5. The van der Waals surface area contributed by atoms with E-state index in [1.165, 1.54) is 4.88 Å². The van der Waals surface area contributed by atoms with Crippen molar-refractivity contribution >= 4 is 40.6 Å². The zero-order valence-corrected chi connectivity index (χ0v) is 14.7. The maximum Gasteiger partial charge on any atom is 0.240 e. The van der Waals surface area contributed by atoms with Crippen LogP contribution in [-0.4, -0.2) is 24.1 Å². The summed E-state index contributed by atoms with van der Waals surface area (Å²) in [6.45, 7) is 4.33. The fourth-order valence-electron chi connectivity index (χ4n) is 2.36. The highest BCUT2D eigenvalue weighted by atomic mass is 32.2. The zero-order valence-electron chi connectivity index (χ0n) is 13.0. The Morgan fingerprint density at radius 2 is 2.26 bits per heavy atom. The summed E-state index contributed by atoms with van der Waals surface area (Å²) in [6, 6.07) is 5.72. The summed E-state index contributed by atoms with van der Waals surface area (Å²) in [4.78, 5) is 27.2. The highest BCUT2D eigenvalue weighted by Crippen LogP contribution is 2.42. The quantitative estimate of drug-likeness (QED) is 0.900. The number of amides is 2. The molecule has 7 heteroatoms. The van der Waals surface area contributed by atoms with Crippen LogP contribution < -0.4 is 10.2 Å². The van der Waals surface area contributed by atoms with Gasteiger partial charge in [0.15, 0.2) is 0 Å². The Morgan fingerprint density at radius 1 is 1.43 bits per heavy atom. The number of nitrogens with zero attached hydrogens (tertiary/aromatic N) is 1. The summed E-state index contributed by atoms with van der Waals surface area (Å²) < 4.78 is 6.54. The molecule has 1 aliphatic rings. The molecule has 122 valence electrons. The molecule has 2 aromatic heterocycles. The predicted molar refractivity (Wildman–Crippen MR) is 92.1 cm³/mol. The van der Waals surface area contributed by atoms with Crippen LogP contribution in [0.5, 0.6) is 0 Å². The Balaban J connectivity index is 1.65. The molecule has 1 aliphatic heterocycles. The van der Waals surface area contributed by atoms with Crippen LogP contribution in [0.2, 0.25) is 0 Å². The van der Waals surface area contributed by atoms with E-state index in [1.807, 2.05) is 25.1 Å². The fraction of sp³-hybridized carbons (Fsp3) is 0.375. The van der Waals surface area contributed by atoms with Crippen LogP contribution in [0.4, 0.5) is 5.69 Å². The average Bonchev–Trinajstić information content (AvgIpc) is 3.14. The van der Waals surface area contributed by atoms with Gasteiger partial charge in [-0.15, -0.1) is 23.1 Å². The molecule has 0 saturated heterocycles. The van der Waals surface area contributed by atoms with Crippen molar-refractivity contribution in [1.29, 1.82) is 0 Å². The highest BCUT2D eigenvalue weighted by Gasteiger charge is 2.28. The first-order chi connectivity index (χ1) is 11.1. The van der Waals surface area contributed by atoms with E-state index in [0.29, 0.717) is 18.1 Å². The topological polar surface area (TPSA) is 62.6 Å². The van der Waals surface area contributed by atoms with E-state index < -0.39 is 0 Å². The van der Waals surface area contributed by atoms with Crippen molar-refractivity contribution in [3.63, 3.8) is 0 Å². The number of thioether (sulfide) groups is 1. The van der Waals surface area contributed by atoms with E-state index >= 15 is 0 Å². The van der Waals surface area contributed by atoms with Crippen LogP contribution in [0.1, 0.15) is 23.3 Å². The van der Waals surface area contributed by atoms with Gasteiger partial charge in [0.05, 0.1) is 22.2 Å². The molecule has 2 aromatic rings. The lowest BCUT2D eigenvalue weighted by Crippen LogP contribution is -2.42. The number of nitrogens with one attached hydrogen (secondary N) is 1. The molecule has 0 saturated carbocycles. The van der Waals surface area contributed by atoms with Crippen LogP contribution in [0.15, 0.2) is 26.8 Å². The van der Waals surface area contributed by atoms with E-state index in [9.17, 15) is 9.59 Å². The Labute approximate surface area is 143 Å². The van der Waals surface area contributed by atoms with E-state index in [2.05, 4.69) is 12.2 Å². The van der Waals surface area contributed by atoms with Crippen LogP contribution in [0.3, 0.4) is 0 Å². The van der Waals surface area contributed by atoms with Gasteiger partial charge in [0.2, 0.25) is 11.8 Å². The summed E-state index contributed by atoms with van der Waals surface area (Å²) in [7, 11) is 0. The van der Waals surface area contributed by atoms with Crippen LogP contribution in [0, 0.1) is 6.92 Å². The number of thiophene rings is 1. The lowest BCUT2D eigenvalue weighted by Gasteiger charge is -2.25. The molecular weight excluding hydrogens is 332 g/mol. The van der Waals surface area contributed by atoms with E-state index in [4.69, 9.17) is 4.42 Å². The maximum atomic E-state index is 12.2. The molecule has 0 spiro atoms. The Morgan fingerprint density at radius 3 is 2.96 bits per heavy atom. The first-order valence-corrected chi connectivity index (χ1v) is 9.25. The second-order valence-electron chi connectivity index (χ2n) is 5.30. The standard InChI is InChI=1S/C16H18N2O3S2/c1-3-12-6-13-16(23-12)22-9-15(20)18(13)8-14(19)17-7-11-5-4-10(2)21-11/h4-6H,3,7-9H2,1-2H3,(H,17,19). The van der Waals surface area contributed by atoms with Crippen LogP contribution in [-0.2, 0) is 22.6 Å². The number of anilines is 1. The van der Waals surface area contributed by atoms with Gasteiger partial charge in [0.25, 0.3) is 0 Å². The maximum absolute atomic E-state index is 12.2. The van der Waals surface area contributed by atoms with Gasteiger partial charge >= 0.3 is 0 Å². The highest BCUT2D eigenvalue weighted by molar-refractivity contribution is 8.02. The van der Waals surface area contributed by atoms with Gasteiger partial charge in [-0.3, -0.25) is 9.59 Å². The Hall–Kier alpha value is -1.73. The molecule has 0 fully saturated rings. The summed E-state index contributed by atoms with van der Waals surface area (Å²) in [5, 5.41) is 2.80. The van der Waals surface area contributed by atoms with Crippen LogP contribution >= 0.6 is 23.1 Å². The molecule has 0 aromatic carbocycles. The van der Waals surface area contributed by atoms with E-state index in [0.717, 1.165) is 22.1 Å².